The second-order valence-electron chi connectivity index (χ2n) is 8.70. The van der Waals surface area contributed by atoms with Crippen LogP contribution in [0.15, 0.2) is 91.0 Å². The molecule has 0 saturated heterocycles. The summed E-state index contributed by atoms with van der Waals surface area (Å²) in [6, 6.07) is 33.5. The van der Waals surface area contributed by atoms with Gasteiger partial charge < -0.3 is 9.67 Å². The van der Waals surface area contributed by atoms with Crippen molar-refractivity contribution in [1.82, 2.24) is 9.55 Å². The number of aliphatic hydroxyl groups is 1. The molecule has 172 valence electrons. The van der Waals surface area contributed by atoms with E-state index in [0.29, 0.717) is 11.4 Å². The van der Waals surface area contributed by atoms with E-state index in [1.807, 2.05) is 61.5 Å². The van der Waals surface area contributed by atoms with Gasteiger partial charge in [-0.15, -0.1) is 0 Å². The first-order valence-electron chi connectivity index (χ1n) is 12.0. The first kappa shape index (κ1) is 23.5. The molecule has 0 aliphatic carbocycles. The van der Waals surface area contributed by atoms with Crippen molar-refractivity contribution in [2.75, 3.05) is 6.61 Å². The molecule has 34 heavy (non-hydrogen) atoms. The van der Waals surface area contributed by atoms with Crippen LogP contribution in [0.4, 0.5) is 0 Å². The predicted molar refractivity (Wildman–Crippen MR) is 136 cm³/mol. The molecule has 1 atom stereocenters. The smallest absolute Gasteiger partial charge is 0.145 e. The highest BCUT2D eigenvalue weighted by molar-refractivity contribution is 5.53. The number of aryl methyl sites for hydroxylation is 1. The van der Waals surface area contributed by atoms with E-state index in [1.165, 1.54) is 0 Å². The van der Waals surface area contributed by atoms with Crippen molar-refractivity contribution in [3.05, 3.63) is 125 Å². The summed E-state index contributed by atoms with van der Waals surface area (Å²) < 4.78 is 2.14. The standard InChI is InChI=1S/C30H31N3O/c1-3-4-20-28-32-29(23(2)22-34)27(21-31)33(28)30(24-14-8-5-9-15-24,25-16-10-6-11-17-25)26-18-12-7-13-19-26/h5-19,23,34H,3-4,20,22H2,1-2H3. The molecule has 4 rings (SSSR count). The number of benzene rings is 3. The highest BCUT2D eigenvalue weighted by Gasteiger charge is 2.42. The summed E-state index contributed by atoms with van der Waals surface area (Å²) in [6.45, 7) is 4.02. The predicted octanol–water partition coefficient (Wildman–Crippen LogP) is 6.03. The van der Waals surface area contributed by atoms with Crippen LogP contribution in [0.2, 0.25) is 0 Å². The van der Waals surface area contributed by atoms with E-state index >= 15 is 0 Å². The van der Waals surface area contributed by atoms with Crippen LogP contribution in [0, 0.1) is 11.3 Å². The molecule has 1 heterocycles. The topological polar surface area (TPSA) is 61.8 Å². The van der Waals surface area contributed by atoms with Gasteiger partial charge in [-0.3, -0.25) is 0 Å². The first-order chi connectivity index (χ1) is 16.7. The van der Waals surface area contributed by atoms with Crippen molar-refractivity contribution in [2.24, 2.45) is 0 Å². The minimum Gasteiger partial charge on any atom is -0.396 e. The maximum absolute atomic E-state index is 10.5. The Morgan fingerprint density at radius 1 is 0.882 bits per heavy atom. The van der Waals surface area contributed by atoms with E-state index in [4.69, 9.17) is 4.98 Å². The van der Waals surface area contributed by atoms with E-state index in [0.717, 1.165) is 41.8 Å². The molecule has 0 spiro atoms. The molecular weight excluding hydrogens is 418 g/mol. The lowest BCUT2D eigenvalue weighted by atomic mass is 9.76. The molecule has 0 aliphatic rings. The third kappa shape index (κ3) is 4.04. The number of unbranched alkanes of at least 4 members (excludes halogenated alkanes) is 1. The number of hydrogen-bond acceptors (Lipinski definition) is 3. The van der Waals surface area contributed by atoms with Gasteiger partial charge in [0.25, 0.3) is 0 Å². The summed E-state index contributed by atoms with van der Waals surface area (Å²) in [6.07, 6.45) is 2.73. The Morgan fingerprint density at radius 3 is 1.74 bits per heavy atom. The molecule has 1 N–H and O–H groups in total. The highest BCUT2D eigenvalue weighted by atomic mass is 16.3. The summed E-state index contributed by atoms with van der Waals surface area (Å²) >= 11 is 0. The second kappa shape index (κ2) is 10.5. The van der Waals surface area contributed by atoms with E-state index in [-0.39, 0.29) is 12.5 Å². The van der Waals surface area contributed by atoms with Gasteiger partial charge in [-0.2, -0.15) is 5.26 Å². The van der Waals surface area contributed by atoms with E-state index in [1.54, 1.807) is 0 Å². The summed E-state index contributed by atoms with van der Waals surface area (Å²) in [5.74, 6) is 0.626. The van der Waals surface area contributed by atoms with Crippen LogP contribution in [0.3, 0.4) is 0 Å². The van der Waals surface area contributed by atoms with Gasteiger partial charge in [0.15, 0.2) is 0 Å². The quantitative estimate of drug-likeness (QED) is 0.317. The van der Waals surface area contributed by atoms with Crippen molar-refractivity contribution < 1.29 is 5.11 Å². The molecule has 0 fully saturated rings. The van der Waals surface area contributed by atoms with Gasteiger partial charge in [0.2, 0.25) is 0 Å². The third-order valence-corrected chi connectivity index (χ3v) is 6.48. The maximum atomic E-state index is 10.5. The largest absolute Gasteiger partial charge is 0.396 e. The summed E-state index contributed by atoms with van der Waals surface area (Å²) in [7, 11) is 0. The van der Waals surface area contributed by atoms with E-state index < -0.39 is 5.54 Å². The van der Waals surface area contributed by atoms with Gasteiger partial charge in [-0.05, 0) is 23.1 Å². The fraction of sp³-hybridized carbons (Fsp3) is 0.267. The van der Waals surface area contributed by atoms with Gasteiger partial charge >= 0.3 is 0 Å². The number of nitrogens with zero attached hydrogens (tertiary/aromatic N) is 3. The zero-order valence-corrected chi connectivity index (χ0v) is 19.9. The maximum Gasteiger partial charge on any atom is 0.145 e. The zero-order chi connectivity index (χ0) is 24.0. The van der Waals surface area contributed by atoms with Crippen molar-refractivity contribution in [3.8, 4) is 6.07 Å². The fourth-order valence-electron chi connectivity index (χ4n) is 4.81. The van der Waals surface area contributed by atoms with Crippen molar-refractivity contribution >= 4 is 0 Å². The Bertz CT molecular complexity index is 1140. The van der Waals surface area contributed by atoms with Crippen LogP contribution in [0.5, 0.6) is 0 Å². The lowest BCUT2D eigenvalue weighted by molar-refractivity contribution is 0.271. The summed E-state index contributed by atoms with van der Waals surface area (Å²) in [5, 5.41) is 20.5. The van der Waals surface area contributed by atoms with Crippen LogP contribution < -0.4 is 0 Å². The molecule has 0 amide bonds. The monoisotopic (exact) mass is 449 g/mol. The van der Waals surface area contributed by atoms with Crippen LogP contribution in [-0.4, -0.2) is 21.3 Å². The number of imidazole rings is 1. The SMILES string of the molecule is CCCCc1nc(C(C)CO)c(C#N)n1C(c1ccccc1)(c1ccccc1)c1ccccc1. The molecule has 3 aromatic carbocycles. The van der Waals surface area contributed by atoms with Gasteiger partial charge in [-0.1, -0.05) is 111 Å². The molecule has 0 aliphatic heterocycles. The van der Waals surface area contributed by atoms with E-state index in [2.05, 4.69) is 54.0 Å². The number of rotatable bonds is 9. The summed E-state index contributed by atoms with van der Waals surface area (Å²) in [4.78, 5) is 5.01. The molecule has 0 radical (unpaired) electrons. The molecule has 4 aromatic rings. The van der Waals surface area contributed by atoms with Crippen LogP contribution in [0.1, 0.15) is 66.5 Å². The average Bonchev–Trinajstić information content (AvgIpc) is 3.28. The van der Waals surface area contributed by atoms with Crippen LogP contribution >= 0.6 is 0 Å². The Hall–Kier alpha value is -3.68. The molecule has 1 unspecified atom stereocenters. The lowest BCUT2D eigenvalue weighted by Crippen LogP contribution is -2.40. The normalized spacial score (nSPS) is 12.3. The zero-order valence-electron chi connectivity index (χ0n) is 19.9. The first-order valence-corrected chi connectivity index (χ1v) is 12.0. The Kier molecular flexibility index (Phi) is 7.25. The van der Waals surface area contributed by atoms with Gasteiger partial charge in [0.05, 0.1) is 12.3 Å². The van der Waals surface area contributed by atoms with Gasteiger partial charge in [-0.25, -0.2) is 4.98 Å². The van der Waals surface area contributed by atoms with Crippen molar-refractivity contribution in [3.63, 3.8) is 0 Å². The molecule has 4 nitrogen and oxygen atoms in total. The number of aliphatic hydroxyl groups excluding tert-OH is 1. The lowest BCUT2D eigenvalue weighted by Gasteiger charge is -2.39. The molecule has 1 aromatic heterocycles. The van der Waals surface area contributed by atoms with Gasteiger partial charge in [0.1, 0.15) is 23.1 Å². The Labute approximate surface area is 202 Å². The van der Waals surface area contributed by atoms with Crippen molar-refractivity contribution in [2.45, 2.75) is 44.6 Å². The van der Waals surface area contributed by atoms with Crippen LogP contribution in [-0.2, 0) is 12.0 Å². The van der Waals surface area contributed by atoms with E-state index in [9.17, 15) is 10.4 Å². The minimum absolute atomic E-state index is 0.0616. The van der Waals surface area contributed by atoms with Crippen molar-refractivity contribution in [1.29, 1.82) is 5.26 Å². The van der Waals surface area contributed by atoms with Gasteiger partial charge in [0, 0.05) is 12.3 Å². The minimum atomic E-state index is -0.793. The highest BCUT2D eigenvalue weighted by Crippen LogP contribution is 2.43. The third-order valence-electron chi connectivity index (χ3n) is 6.48. The molecule has 0 bridgehead atoms. The Balaban J connectivity index is 2.20. The molecule has 4 heteroatoms. The summed E-state index contributed by atoms with van der Waals surface area (Å²) in [5.41, 5.74) is 3.54. The molecule has 0 saturated carbocycles. The van der Waals surface area contributed by atoms with Crippen LogP contribution in [0.25, 0.3) is 0 Å². The Morgan fingerprint density at radius 2 is 1.35 bits per heavy atom. The number of nitriles is 1. The fourth-order valence-corrected chi connectivity index (χ4v) is 4.81. The average molecular weight is 450 g/mol. The number of hydrogen-bond donors (Lipinski definition) is 1. The number of aromatic nitrogens is 2. The molecular formula is C30H31N3O. The second-order valence-corrected chi connectivity index (χ2v) is 8.70.